The minimum Gasteiger partial charge on any atom is -0.354 e. The molecular weight excluding hydrogens is 367 g/mol. The lowest BCUT2D eigenvalue weighted by molar-refractivity contribution is -0.143. The van der Waals surface area contributed by atoms with E-state index in [1.807, 2.05) is 14.1 Å². The molecule has 28 heavy (non-hydrogen) atoms. The fourth-order valence-electron chi connectivity index (χ4n) is 3.50. The summed E-state index contributed by atoms with van der Waals surface area (Å²) in [5, 5.41) is 6.58. The number of hydrogen-bond acceptors (Lipinski definition) is 3. The molecular formula is C20H32F3N5. The van der Waals surface area contributed by atoms with Crippen LogP contribution in [0.4, 0.5) is 13.2 Å². The van der Waals surface area contributed by atoms with Crippen LogP contribution in [0.1, 0.15) is 30.5 Å². The maximum Gasteiger partial charge on any atom is 0.401 e. The predicted octanol–water partition coefficient (Wildman–Crippen LogP) is 2.65. The minimum atomic E-state index is -4.15. The average molecular weight is 400 g/mol. The van der Waals surface area contributed by atoms with E-state index in [1.165, 1.54) is 16.0 Å². The quantitative estimate of drug-likeness (QED) is 0.547. The molecule has 0 radical (unpaired) electrons. The third-order valence-corrected chi connectivity index (χ3v) is 5.10. The molecule has 1 aliphatic heterocycles. The molecule has 1 aromatic rings. The first-order valence-corrected chi connectivity index (χ1v) is 9.73. The van der Waals surface area contributed by atoms with Gasteiger partial charge in [0.15, 0.2) is 5.96 Å². The number of aryl methyl sites for hydroxylation is 1. The van der Waals surface area contributed by atoms with Gasteiger partial charge in [-0.05, 0) is 38.1 Å². The number of rotatable bonds is 7. The summed E-state index contributed by atoms with van der Waals surface area (Å²) in [7, 11) is 5.74. The summed E-state index contributed by atoms with van der Waals surface area (Å²) in [4.78, 5) is 7.81. The summed E-state index contributed by atoms with van der Waals surface area (Å²) < 4.78 is 37.7. The van der Waals surface area contributed by atoms with Crippen LogP contribution in [-0.4, -0.2) is 75.3 Å². The predicted molar refractivity (Wildman–Crippen MR) is 108 cm³/mol. The van der Waals surface area contributed by atoms with Crippen LogP contribution in [0.3, 0.4) is 0 Å². The van der Waals surface area contributed by atoms with Gasteiger partial charge in [-0.1, -0.05) is 31.2 Å². The minimum absolute atomic E-state index is 0.0322. The van der Waals surface area contributed by atoms with Crippen molar-refractivity contribution in [2.24, 2.45) is 4.99 Å². The average Bonchev–Trinajstić information content (AvgIpc) is 3.06. The Kier molecular flexibility index (Phi) is 8.12. The smallest absolute Gasteiger partial charge is 0.354 e. The molecule has 2 rings (SSSR count). The molecule has 5 nitrogen and oxygen atoms in total. The van der Waals surface area contributed by atoms with Crippen molar-refractivity contribution in [3.05, 3.63) is 35.4 Å². The number of hydrogen-bond donors (Lipinski definition) is 2. The third kappa shape index (κ3) is 6.98. The van der Waals surface area contributed by atoms with Gasteiger partial charge in [0.2, 0.25) is 0 Å². The number of nitrogens with zero attached hydrogens (tertiary/aromatic N) is 3. The van der Waals surface area contributed by atoms with Crippen molar-refractivity contribution in [2.75, 3.05) is 47.3 Å². The Morgan fingerprint density at radius 2 is 1.96 bits per heavy atom. The fraction of sp³-hybridized carbons (Fsp3) is 0.650. The summed E-state index contributed by atoms with van der Waals surface area (Å²) in [5.41, 5.74) is 2.51. The van der Waals surface area contributed by atoms with E-state index in [0.717, 1.165) is 6.42 Å². The number of aliphatic imine (C=N–C) groups is 1. The van der Waals surface area contributed by atoms with Crippen LogP contribution in [0.25, 0.3) is 0 Å². The maximum absolute atomic E-state index is 12.6. The zero-order valence-electron chi connectivity index (χ0n) is 17.2. The normalized spacial score (nSPS) is 19.9. The largest absolute Gasteiger partial charge is 0.401 e. The van der Waals surface area contributed by atoms with Crippen LogP contribution in [-0.2, 0) is 6.42 Å². The van der Waals surface area contributed by atoms with Crippen molar-refractivity contribution in [3.8, 4) is 0 Å². The van der Waals surface area contributed by atoms with Gasteiger partial charge in [-0.15, -0.1) is 0 Å². The van der Waals surface area contributed by atoms with Gasteiger partial charge < -0.3 is 15.5 Å². The molecule has 2 unspecified atom stereocenters. The highest BCUT2D eigenvalue weighted by Crippen LogP contribution is 2.20. The van der Waals surface area contributed by atoms with Crippen LogP contribution in [0.15, 0.2) is 29.3 Å². The standard InChI is InChI=1S/C20H32F3N5/c1-5-15-6-8-16(9-7-15)18(27(3)4)12-25-19(24-2)26-17-10-11-28(13-17)14-20(21,22)23/h6-9,17-18H,5,10-14H2,1-4H3,(H2,24,25,26). The molecule has 2 atom stereocenters. The van der Waals surface area contributed by atoms with Crippen molar-refractivity contribution < 1.29 is 13.2 Å². The first kappa shape index (κ1) is 22.5. The van der Waals surface area contributed by atoms with Crippen LogP contribution >= 0.6 is 0 Å². The van der Waals surface area contributed by atoms with Crippen LogP contribution < -0.4 is 10.6 Å². The Morgan fingerprint density at radius 1 is 1.29 bits per heavy atom. The Morgan fingerprint density at radius 3 is 2.50 bits per heavy atom. The van der Waals surface area contributed by atoms with Crippen molar-refractivity contribution in [3.63, 3.8) is 0 Å². The Labute approximate surface area is 166 Å². The molecule has 1 aliphatic rings. The fourth-order valence-corrected chi connectivity index (χ4v) is 3.50. The Bertz CT molecular complexity index is 628. The van der Waals surface area contributed by atoms with Gasteiger partial charge in [0.1, 0.15) is 0 Å². The lowest BCUT2D eigenvalue weighted by Crippen LogP contribution is -2.47. The topological polar surface area (TPSA) is 42.9 Å². The molecule has 1 aromatic carbocycles. The lowest BCUT2D eigenvalue weighted by atomic mass is 10.0. The van der Waals surface area contributed by atoms with Gasteiger partial charge >= 0.3 is 6.18 Å². The summed E-state index contributed by atoms with van der Waals surface area (Å²) in [6.45, 7) is 2.74. The molecule has 8 heteroatoms. The van der Waals surface area contributed by atoms with E-state index in [2.05, 4.69) is 51.7 Å². The second-order valence-corrected chi connectivity index (χ2v) is 7.51. The summed E-state index contributed by atoms with van der Waals surface area (Å²) in [6.07, 6.45) is -2.47. The molecule has 0 aromatic heterocycles. The zero-order valence-corrected chi connectivity index (χ0v) is 17.2. The second-order valence-electron chi connectivity index (χ2n) is 7.51. The van der Waals surface area contributed by atoms with Gasteiger partial charge in [-0.2, -0.15) is 13.2 Å². The number of nitrogens with one attached hydrogen (secondary N) is 2. The van der Waals surface area contributed by atoms with Gasteiger partial charge in [0.25, 0.3) is 0 Å². The van der Waals surface area contributed by atoms with Gasteiger partial charge in [-0.25, -0.2) is 0 Å². The number of benzene rings is 1. The second kappa shape index (κ2) is 10.1. The molecule has 1 fully saturated rings. The maximum atomic E-state index is 12.6. The molecule has 0 bridgehead atoms. The summed E-state index contributed by atoms with van der Waals surface area (Å²) in [6, 6.07) is 8.71. The van der Waals surface area contributed by atoms with Crippen LogP contribution in [0.5, 0.6) is 0 Å². The SMILES string of the molecule is CCc1ccc(C(CNC(=NC)NC2CCN(CC(F)(F)F)C2)N(C)C)cc1. The van der Waals surface area contributed by atoms with Crippen LogP contribution in [0, 0.1) is 0 Å². The summed E-state index contributed by atoms with van der Waals surface area (Å²) in [5.74, 6) is 0.621. The number of halogens is 3. The Balaban J connectivity index is 1.89. The molecule has 0 spiro atoms. The van der Waals surface area contributed by atoms with E-state index >= 15 is 0 Å². The number of guanidine groups is 1. The first-order chi connectivity index (χ1) is 13.2. The van der Waals surface area contributed by atoms with E-state index in [0.29, 0.717) is 32.0 Å². The highest BCUT2D eigenvalue weighted by molar-refractivity contribution is 5.80. The number of alkyl halides is 3. The van der Waals surface area contributed by atoms with Gasteiger partial charge in [-0.3, -0.25) is 9.89 Å². The van der Waals surface area contributed by atoms with Crippen molar-refractivity contribution in [1.29, 1.82) is 0 Å². The highest BCUT2D eigenvalue weighted by atomic mass is 19.4. The molecule has 0 saturated carbocycles. The zero-order chi connectivity index (χ0) is 20.7. The van der Waals surface area contributed by atoms with Gasteiger partial charge in [0, 0.05) is 32.7 Å². The van der Waals surface area contributed by atoms with Gasteiger partial charge in [0.05, 0.1) is 12.6 Å². The molecule has 158 valence electrons. The molecule has 0 aliphatic carbocycles. The molecule has 1 saturated heterocycles. The monoisotopic (exact) mass is 399 g/mol. The Hall–Kier alpha value is -1.80. The van der Waals surface area contributed by atoms with E-state index in [1.54, 1.807) is 7.05 Å². The summed E-state index contributed by atoms with van der Waals surface area (Å²) >= 11 is 0. The molecule has 1 heterocycles. The van der Waals surface area contributed by atoms with E-state index < -0.39 is 12.7 Å². The highest BCUT2D eigenvalue weighted by Gasteiger charge is 2.34. The van der Waals surface area contributed by atoms with E-state index in [-0.39, 0.29) is 12.1 Å². The number of likely N-dealkylation sites (tertiary alicyclic amines) is 1. The van der Waals surface area contributed by atoms with Crippen molar-refractivity contribution in [1.82, 2.24) is 20.4 Å². The first-order valence-electron chi connectivity index (χ1n) is 9.73. The third-order valence-electron chi connectivity index (χ3n) is 5.10. The molecule has 0 amide bonds. The number of likely N-dealkylation sites (N-methyl/N-ethyl adjacent to an activating group) is 1. The van der Waals surface area contributed by atoms with Crippen molar-refractivity contribution >= 4 is 5.96 Å². The van der Waals surface area contributed by atoms with Crippen molar-refractivity contribution in [2.45, 2.75) is 38.0 Å². The lowest BCUT2D eigenvalue weighted by Gasteiger charge is -2.27. The van der Waals surface area contributed by atoms with Crippen LogP contribution in [0.2, 0.25) is 0 Å². The van der Waals surface area contributed by atoms with E-state index in [9.17, 15) is 13.2 Å². The van der Waals surface area contributed by atoms with E-state index in [4.69, 9.17) is 0 Å². The molecule has 2 N–H and O–H groups in total.